The normalized spacial score (nSPS) is 27.9. The molecule has 3 heterocycles. The Morgan fingerprint density at radius 2 is 1.77 bits per heavy atom. The SMILES string of the molecule is O=C1NC2CCCCC2C1CCCN1CCN(Cc2ccc3ccccc3n2)CC1. The Morgan fingerprint density at radius 1 is 0.967 bits per heavy atom. The van der Waals surface area contributed by atoms with Crippen molar-refractivity contribution < 1.29 is 4.79 Å². The van der Waals surface area contributed by atoms with Gasteiger partial charge in [-0.25, -0.2) is 0 Å². The lowest BCUT2D eigenvalue weighted by molar-refractivity contribution is -0.123. The van der Waals surface area contributed by atoms with Crippen LogP contribution in [0.5, 0.6) is 0 Å². The number of fused-ring (bicyclic) bond motifs is 2. The summed E-state index contributed by atoms with van der Waals surface area (Å²) in [6.07, 6.45) is 7.24. The molecule has 5 rings (SSSR count). The van der Waals surface area contributed by atoms with E-state index in [0.29, 0.717) is 17.9 Å². The zero-order chi connectivity index (χ0) is 20.3. The third-order valence-corrected chi connectivity index (χ3v) is 7.50. The molecule has 160 valence electrons. The summed E-state index contributed by atoms with van der Waals surface area (Å²) in [4.78, 5) is 22.3. The van der Waals surface area contributed by atoms with E-state index in [2.05, 4.69) is 51.5 Å². The number of carbonyl (C=O) groups excluding carboxylic acids is 1. The van der Waals surface area contributed by atoms with Crippen LogP contribution in [-0.4, -0.2) is 59.5 Å². The number of piperazine rings is 1. The van der Waals surface area contributed by atoms with E-state index in [4.69, 9.17) is 4.98 Å². The summed E-state index contributed by atoms with van der Waals surface area (Å²) in [5, 5.41) is 4.48. The molecule has 1 amide bonds. The molecular formula is C25H34N4O. The first-order valence-electron chi connectivity index (χ1n) is 11.9. The molecule has 1 saturated carbocycles. The predicted molar refractivity (Wildman–Crippen MR) is 120 cm³/mol. The largest absolute Gasteiger partial charge is 0.353 e. The minimum Gasteiger partial charge on any atom is -0.353 e. The smallest absolute Gasteiger partial charge is 0.223 e. The first-order chi connectivity index (χ1) is 14.8. The van der Waals surface area contributed by atoms with E-state index in [9.17, 15) is 4.79 Å². The first-order valence-corrected chi connectivity index (χ1v) is 11.9. The Kier molecular flexibility index (Phi) is 6.00. The van der Waals surface area contributed by atoms with E-state index in [0.717, 1.165) is 63.3 Å². The van der Waals surface area contributed by atoms with Crippen molar-refractivity contribution in [2.45, 2.75) is 51.1 Å². The predicted octanol–water partition coefficient (Wildman–Crippen LogP) is 3.44. The van der Waals surface area contributed by atoms with Crippen molar-refractivity contribution in [3.63, 3.8) is 0 Å². The average Bonchev–Trinajstić information content (AvgIpc) is 3.10. The summed E-state index contributed by atoms with van der Waals surface area (Å²) < 4.78 is 0. The van der Waals surface area contributed by atoms with Crippen molar-refractivity contribution in [3.05, 3.63) is 42.1 Å². The third-order valence-electron chi connectivity index (χ3n) is 7.50. The molecule has 5 nitrogen and oxygen atoms in total. The molecular weight excluding hydrogens is 372 g/mol. The summed E-state index contributed by atoms with van der Waals surface area (Å²) in [5.74, 6) is 1.22. The van der Waals surface area contributed by atoms with Crippen LogP contribution in [0.15, 0.2) is 36.4 Å². The van der Waals surface area contributed by atoms with Gasteiger partial charge in [0.1, 0.15) is 0 Å². The Bertz CT molecular complexity index is 876. The van der Waals surface area contributed by atoms with Crippen molar-refractivity contribution >= 4 is 16.8 Å². The molecule has 3 aliphatic rings. The number of nitrogens with one attached hydrogen (secondary N) is 1. The maximum absolute atomic E-state index is 12.4. The van der Waals surface area contributed by atoms with Crippen LogP contribution in [0.2, 0.25) is 0 Å². The topological polar surface area (TPSA) is 48.5 Å². The molecule has 2 aliphatic heterocycles. The molecule has 5 heteroatoms. The van der Waals surface area contributed by atoms with Crippen LogP contribution in [0.25, 0.3) is 10.9 Å². The van der Waals surface area contributed by atoms with Gasteiger partial charge in [-0.2, -0.15) is 0 Å². The molecule has 0 radical (unpaired) electrons. The van der Waals surface area contributed by atoms with Gasteiger partial charge in [0, 0.05) is 50.1 Å². The van der Waals surface area contributed by atoms with E-state index in [1.807, 2.05) is 0 Å². The maximum Gasteiger partial charge on any atom is 0.223 e. The lowest BCUT2D eigenvalue weighted by Gasteiger charge is -2.34. The quantitative estimate of drug-likeness (QED) is 0.798. The van der Waals surface area contributed by atoms with Gasteiger partial charge in [-0.15, -0.1) is 0 Å². The molecule has 1 N–H and O–H groups in total. The number of benzene rings is 1. The molecule has 3 fully saturated rings. The zero-order valence-corrected chi connectivity index (χ0v) is 17.9. The average molecular weight is 407 g/mol. The van der Waals surface area contributed by atoms with Gasteiger partial charge in [-0.3, -0.25) is 14.7 Å². The van der Waals surface area contributed by atoms with Gasteiger partial charge >= 0.3 is 0 Å². The van der Waals surface area contributed by atoms with Gasteiger partial charge in [0.15, 0.2) is 0 Å². The van der Waals surface area contributed by atoms with Gasteiger partial charge in [-0.05, 0) is 50.3 Å². The lowest BCUT2D eigenvalue weighted by atomic mass is 9.78. The standard InChI is InChI=1S/C25H34N4O/c30-25-22(21-7-2-4-10-24(21)27-25)8-5-13-28-14-16-29(17-15-28)18-20-12-11-19-6-1-3-9-23(19)26-20/h1,3,6,9,11-12,21-22,24H,2,4-5,7-8,10,13-18H2,(H,27,30). The van der Waals surface area contributed by atoms with E-state index < -0.39 is 0 Å². The van der Waals surface area contributed by atoms with E-state index >= 15 is 0 Å². The number of carbonyl (C=O) groups is 1. The van der Waals surface area contributed by atoms with Crippen LogP contribution >= 0.6 is 0 Å². The second-order valence-electron chi connectivity index (χ2n) is 9.43. The number of hydrogen-bond donors (Lipinski definition) is 1. The van der Waals surface area contributed by atoms with E-state index in [-0.39, 0.29) is 5.92 Å². The Balaban J connectivity index is 1.06. The number of nitrogens with zero attached hydrogens (tertiary/aromatic N) is 3. The van der Waals surface area contributed by atoms with Crippen molar-refractivity contribution in [2.75, 3.05) is 32.7 Å². The van der Waals surface area contributed by atoms with Gasteiger partial charge in [0.2, 0.25) is 5.91 Å². The third kappa shape index (κ3) is 4.37. The molecule has 30 heavy (non-hydrogen) atoms. The van der Waals surface area contributed by atoms with Crippen LogP contribution in [0.3, 0.4) is 0 Å². The number of aromatic nitrogens is 1. The fourth-order valence-electron chi connectivity index (χ4n) is 5.78. The Morgan fingerprint density at radius 3 is 2.67 bits per heavy atom. The van der Waals surface area contributed by atoms with Gasteiger partial charge in [-0.1, -0.05) is 37.1 Å². The minimum absolute atomic E-state index is 0.274. The van der Waals surface area contributed by atoms with Crippen LogP contribution in [0, 0.1) is 11.8 Å². The summed E-state index contributed by atoms with van der Waals surface area (Å²) in [5.41, 5.74) is 2.25. The van der Waals surface area contributed by atoms with Gasteiger partial charge in [0.05, 0.1) is 11.2 Å². The zero-order valence-electron chi connectivity index (χ0n) is 17.9. The molecule has 2 saturated heterocycles. The Labute approximate surface area is 179 Å². The van der Waals surface area contributed by atoms with Crippen LogP contribution in [0.4, 0.5) is 0 Å². The Hall–Kier alpha value is -1.98. The molecule has 1 aromatic carbocycles. The first kappa shape index (κ1) is 20.0. The molecule has 3 atom stereocenters. The second kappa shape index (κ2) is 9.03. The number of rotatable bonds is 6. The highest BCUT2D eigenvalue weighted by Crippen LogP contribution is 2.37. The van der Waals surface area contributed by atoms with Gasteiger partial charge in [0.25, 0.3) is 0 Å². The van der Waals surface area contributed by atoms with E-state index in [1.54, 1.807) is 0 Å². The lowest BCUT2D eigenvalue weighted by Crippen LogP contribution is -2.46. The molecule has 0 spiro atoms. The molecule has 1 aromatic heterocycles. The van der Waals surface area contributed by atoms with Crippen LogP contribution in [0.1, 0.15) is 44.2 Å². The fourth-order valence-corrected chi connectivity index (χ4v) is 5.78. The molecule has 3 unspecified atom stereocenters. The monoisotopic (exact) mass is 406 g/mol. The molecule has 0 bridgehead atoms. The fraction of sp³-hybridized carbons (Fsp3) is 0.600. The number of hydrogen-bond acceptors (Lipinski definition) is 4. The minimum atomic E-state index is 0.274. The van der Waals surface area contributed by atoms with Crippen molar-refractivity contribution in [1.29, 1.82) is 0 Å². The molecule has 1 aliphatic carbocycles. The van der Waals surface area contributed by atoms with Crippen LogP contribution in [-0.2, 0) is 11.3 Å². The maximum atomic E-state index is 12.4. The summed E-state index contributed by atoms with van der Waals surface area (Å²) in [6.45, 7) is 6.51. The summed E-state index contributed by atoms with van der Waals surface area (Å²) in [6, 6.07) is 13.2. The van der Waals surface area contributed by atoms with Crippen molar-refractivity contribution in [3.8, 4) is 0 Å². The number of pyridine rings is 1. The van der Waals surface area contributed by atoms with Gasteiger partial charge < -0.3 is 10.2 Å². The van der Waals surface area contributed by atoms with Crippen molar-refractivity contribution in [1.82, 2.24) is 20.1 Å². The van der Waals surface area contributed by atoms with E-state index in [1.165, 1.54) is 31.1 Å². The highest BCUT2D eigenvalue weighted by Gasteiger charge is 2.42. The summed E-state index contributed by atoms with van der Waals surface area (Å²) in [7, 11) is 0. The second-order valence-corrected chi connectivity index (χ2v) is 9.43. The molecule has 2 aromatic rings. The number of para-hydroxylation sites is 1. The highest BCUT2D eigenvalue weighted by atomic mass is 16.2. The number of amides is 1. The van der Waals surface area contributed by atoms with Crippen molar-refractivity contribution in [2.24, 2.45) is 11.8 Å². The summed E-state index contributed by atoms with van der Waals surface area (Å²) >= 11 is 0. The van der Waals surface area contributed by atoms with Crippen LogP contribution < -0.4 is 5.32 Å². The highest BCUT2D eigenvalue weighted by molar-refractivity contribution is 5.82.